The number of nitro benzene ring substituents is 1. The minimum absolute atomic E-state index is 0.0943. The Balaban J connectivity index is 2.08. The predicted octanol–water partition coefficient (Wildman–Crippen LogP) is 2.06. The number of nitrogens with one attached hydrogen (secondary N) is 1. The van der Waals surface area contributed by atoms with Crippen LogP contribution in [0.2, 0.25) is 0 Å². The van der Waals surface area contributed by atoms with Gasteiger partial charge < -0.3 is 9.73 Å². The molecular formula is C15H19N3O5. The van der Waals surface area contributed by atoms with E-state index in [1.807, 2.05) is 0 Å². The Labute approximate surface area is 132 Å². The van der Waals surface area contributed by atoms with Crippen molar-refractivity contribution in [3.05, 3.63) is 38.9 Å². The van der Waals surface area contributed by atoms with Crippen LogP contribution in [0.5, 0.6) is 0 Å². The lowest BCUT2D eigenvalue weighted by Crippen LogP contribution is -2.31. The van der Waals surface area contributed by atoms with E-state index in [0.717, 1.165) is 17.4 Å². The van der Waals surface area contributed by atoms with Gasteiger partial charge in [0, 0.05) is 12.6 Å². The van der Waals surface area contributed by atoms with Gasteiger partial charge in [-0.2, -0.15) is 0 Å². The molecule has 0 aliphatic carbocycles. The standard InChI is InChI=1S/C15H19N3O5/c1-10(2)4-3-7-16-14(19)9-17-12-6-5-11(18(21)22)8-13(12)23-15(17)20/h5-6,8,10H,3-4,7,9H2,1-2H3,(H,16,19). The fourth-order valence-corrected chi connectivity index (χ4v) is 2.26. The third kappa shape index (κ3) is 4.18. The number of benzene rings is 1. The first-order chi connectivity index (χ1) is 10.9. The maximum absolute atomic E-state index is 11.9. The summed E-state index contributed by atoms with van der Waals surface area (Å²) < 4.78 is 6.13. The molecule has 0 saturated carbocycles. The lowest BCUT2D eigenvalue weighted by atomic mass is 10.1. The zero-order valence-corrected chi connectivity index (χ0v) is 13.1. The number of hydrogen-bond acceptors (Lipinski definition) is 5. The van der Waals surface area contributed by atoms with E-state index in [9.17, 15) is 19.7 Å². The van der Waals surface area contributed by atoms with Crippen molar-refractivity contribution in [3.8, 4) is 0 Å². The summed E-state index contributed by atoms with van der Waals surface area (Å²) in [5.41, 5.74) is 0.284. The molecule has 1 aromatic carbocycles. The zero-order chi connectivity index (χ0) is 17.0. The van der Waals surface area contributed by atoms with Crippen LogP contribution >= 0.6 is 0 Å². The summed E-state index contributed by atoms with van der Waals surface area (Å²) in [5.74, 6) is -0.433. The molecule has 0 fully saturated rings. The van der Waals surface area contributed by atoms with E-state index in [-0.39, 0.29) is 23.7 Å². The van der Waals surface area contributed by atoms with Gasteiger partial charge in [-0.1, -0.05) is 13.8 Å². The van der Waals surface area contributed by atoms with Crippen LogP contribution < -0.4 is 11.1 Å². The molecule has 124 valence electrons. The monoisotopic (exact) mass is 321 g/mol. The molecule has 0 unspecified atom stereocenters. The van der Waals surface area contributed by atoms with Crippen LogP contribution in [-0.2, 0) is 11.3 Å². The SMILES string of the molecule is CC(C)CCCNC(=O)Cn1c(=O)oc2cc([N+](=O)[O-])ccc21. The zero-order valence-electron chi connectivity index (χ0n) is 13.1. The second-order valence-corrected chi connectivity index (χ2v) is 5.75. The maximum atomic E-state index is 11.9. The lowest BCUT2D eigenvalue weighted by molar-refractivity contribution is -0.384. The van der Waals surface area contributed by atoms with Crippen LogP contribution in [0.25, 0.3) is 11.1 Å². The molecule has 0 aliphatic rings. The van der Waals surface area contributed by atoms with E-state index in [1.54, 1.807) is 0 Å². The number of fused-ring (bicyclic) bond motifs is 1. The van der Waals surface area contributed by atoms with Crippen LogP contribution in [0.1, 0.15) is 26.7 Å². The lowest BCUT2D eigenvalue weighted by Gasteiger charge is -2.07. The van der Waals surface area contributed by atoms with Crippen molar-refractivity contribution in [1.82, 2.24) is 9.88 Å². The molecule has 23 heavy (non-hydrogen) atoms. The van der Waals surface area contributed by atoms with Crippen molar-refractivity contribution >= 4 is 22.7 Å². The number of nitrogens with zero attached hydrogens (tertiary/aromatic N) is 2. The van der Waals surface area contributed by atoms with Crippen LogP contribution in [0.15, 0.2) is 27.4 Å². The Morgan fingerprint density at radius 2 is 2.17 bits per heavy atom. The first-order valence-electron chi connectivity index (χ1n) is 7.43. The number of oxazole rings is 1. The molecule has 8 nitrogen and oxygen atoms in total. The number of nitro groups is 1. The van der Waals surface area contributed by atoms with Gasteiger partial charge in [0.1, 0.15) is 6.54 Å². The first-order valence-corrected chi connectivity index (χ1v) is 7.43. The number of rotatable bonds is 7. The molecule has 0 spiro atoms. The molecule has 1 heterocycles. The van der Waals surface area contributed by atoms with E-state index in [4.69, 9.17) is 4.42 Å². The van der Waals surface area contributed by atoms with Crippen LogP contribution in [-0.4, -0.2) is 21.9 Å². The molecule has 1 aromatic heterocycles. The van der Waals surface area contributed by atoms with Crippen LogP contribution in [0.3, 0.4) is 0 Å². The molecule has 1 amide bonds. The molecule has 0 radical (unpaired) electrons. The Hall–Kier alpha value is -2.64. The van der Waals surface area contributed by atoms with Crippen molar-refractivity contribution in [2.45, 2.75) is 33.2 Å². The van der Waals surface area contributed by atoms with Gasteiger partial charge >= 0.3 is 5.76 Å². The highest BCUT2D eigenvalue weighted by Gasteiger charge is 2.15. The number of hydrogen-bond donors (Lipinski definition) is 1. The number of amides is 1. The smallest absolute Gasteiger partial charge is 0.407 e. The fraction of sp³-hybridized carbons (Fsp3) is 0.467. The summed E-state index contributed by atoms with van der Waals surface area (Å²) in [7, 11) is 0. The van der Waals surface area contributed by atoms with E-state index < -0.39 is 10.7 Å². The summed E-state index contributed by atoms with van der Waals surface area (Å²) in [5, 5.41) is 13.5. The van der Waals surface area contributed by atoms with Gasteiger partial charge in [-0.3, -0.25) is 19.5 Å². The molecule has 2 rings (SSSR count). The highest BCUT2D eigenvalue weighted by Crippen LogP contribution is 2.19. The highest BCUT2D eigenvalue weighted by molar-refractivity contribution is 5.80. The largest absolute Gasteiger partial charge is 0.420 e. The molecule has 0 bridgehead atoms. The summed E-state index contributed by atoms with van der Waals surface area (Å²) in [6.45, 7) is 4.59. The third-order valence-electron chi connectivity index (χ3n) is 3.44. The van der Waals surface area contributed by atoms with Gasteiger partial charge in [0.15, 0.2) is 5.58 Å². The van der Waals surface area contributed by atoms with E-state index in [1.165, 1.54) is 18.2 Å². The molecule has 0 saturated heterocycles. The van der Waals surface area contributed by atoms with E-state index >= 15 is 0 Å². The van der Waals surface area contributed by atoms with Crippen molar-refractivity contribution in [2.24, 2.45) is 5.92 Å². The van der Waals surface area contributed by atoms with Crippen molar-refractivity contribution in [3.63, 3.8) is 0 Å². The minimum atomic E-state index is -0.710. The van der Waals surface area contributed by atoms with Gasteiger partial charge in [-0.15, -0.1) is 0 Å². The average Bonchev–Trinajstić information content (AvgIpc) is 2.78. The first kappa shape index (κ1) is 16.7. The molecule has 1 N–H and O–H groups in total. The van der Waals surface area contributed by atoms with Gasteiger partial charge in [0.2, 0.25) is 5.91 Å². The highest BCUT2D eigenvalue weighted by atomic mass is 16.6. The summed E-state index contributed by atoms with van der Waals surface area (Å²) in [6.07, 6.45) is 1.88. The van der Waals surface area contributed by atoms with Crippen molar-refractivity contribution in [1.29, 1.82) is 0 Å². The Bertz CT molecular complexity index is 775. The third-order valence-corrected chi connectivity index (χ3v) is 3.44. The summed E-state index contributed by atoms with van der Waals surface area (Å²) >= 11 is 0. The van der Waals surface area contributed by atoms with Crippen molar-refractivity contribution < 1.29 is 14.1 Å². The van der Waals surface area contributed by atoms with Crippen molar-refractivity contribution in [2.75, 3.05) is 6.54 Å². The van der Waals surface area contributed by atoms with E-state index in [0.29, 0.717) is 18.0 Å². The van der Waals surface area contributed by atoms with Crippen LogP contribution in [0.4, 0.5) is 5.69 Å². The second kappa shape index (κ2) is 7.08. The van der Waals surface area contributed by atoms with Gasteiger partial charge in [-0.05, 0) is 24.8 Å². The topological polar surface area (TPSA) is 107 Å². The summed E-state index contributed by atoms with van der Waals surface area (Å²) in [4.78, 5) is 33.9. The number of carbonyl (C=O) groups excluding carboxylic acids is 1. The van der Waals surface area contributed by atoms with Crippen LogP contribution in [0, 0.1) is 16.0 Å². The number of aromatic nitrogens is 1. The van der Waals surface area contributed by atoms with Gasteiger partial charge in [0.25, 0.3) is 5.69 Å². The predicted molar refractivity (Wildman–Crippen MR) is 84.2 cm³/mol. The minimum Gasteiger partial charge on any atom is -0.407 e. The van der Waals surface area contributed by atoms with Gasteiger partial charge in [-0.25, -0.2) is 4.79 Å². The fourth-order valence-electron chi connectivity index (χ4n) is 2.26. The molecule has 0 atom stereocenters. The molecular weight excluding hydrogens is 302 g/mol. The number of non-ortho nitro benzene ring substituents is 1. The maximum Gasteiger partial charge on any atom is 0.420 e. The Kier molecular flexibility index (Phi) is 5.15. The Morgan fingerprint density at radius 1 is 1.43 bits per heavy atom. The molecule has 8 heteroatoms. The average molecular weight is 321 g/mol. The molecule has 2 aromatic rings. The quantitative estimate of drug-likeness (QED) is 0.477. The Morgan fingerprint density at radius 3 is 2.83 bits per heavy atom. The second-order valence-electron chi connectivity index (χ2n) is 5.75. The summed E-state index contributed by atoms with van der Waals surface area (Å²) in [6, 6.07) is 3.85. The number of carbonyl (C=O) groups is 1. The van der Waals surface area contributed by atoms with Gasteiger partial charge in [0.05, 0.1) is 16.5 Å². The molecule has 0 aliphatic heterocycles. The normalized spacial score (nSPS) is 11.1. The van der Waals surface area contributed by atoms with E-state index in [2.05, 4.69) is 19.2 Å².